The highest BCUT2D eigenvalue weighted by Crippen LogP contribution is 2.52. The van der Waals surface area contributed by atoms with Gasteiger partial charge in [0, 0.05) is 11.1 Å². The van der Waals surface area contributed by atoms with Gasteiger partial charge in [0.05, 0.1) is 24.3 Å². The van der Waals surface area contributed by atoms with E-state index in [0.717, 1.165) is 72.6 Å². The Morgan fingerprint density at radius 2 is 0.923 bits per heavy atom. The van der Waals surface area contributed by atoms with Gasteiger partial charge in [-0.2, -0.15) is 0 Å². The fourth-order valence-corrected chi connectivity index (χ4v) is 8.02. The van der Waals surface area contributed by atoms with E-state index in [0.29, 0.717) is 13.2 Å². The molecule has 52 heavy (non-hydrogen) atoms. The van der Waals surface area contributed by atoms with Crippen LogP contribution in [0.4, 0.5) is 0 Å². The average Bonchev–Trinajstić information content (AvgIpc) is 3.08. The predicted octanol–water partition coefficient (Wildman–Crippen LogP) is 13.4. The van der Waals surface area contributed by atoms with E-state index in [1.165, 1.54) is 83.0 Å². The first-order valence-electron chi connectivity index (χ1n) is 20.2. The molecule has 0 spiro atoms. The summed E-state index contributed by atoms with van der Waals surface area (Å²) >= 11 is 0. The van der Waals surface area contributed by atoms with Crippen LogP contribution >= 0.6 is 0 Å². The van der Waals surface area contributed by atoms with Crippen LogP contribution in [-0.2, 0) is 24.0 Å². The van der Waals surface area contributed by atoms with Crippen molar-refractivity contribution in [1.82, 2.24) is 0 Å². The van der Waals surface area contributed by atoms with E-state index in [-0.39, 0.29) is 11.2 Å². The lowest BCUT2D eigenvalue weighted by molar-refractivity contribution is 0.104. The second kappa shape index (κ2) is 16.4. The number of fused-ring (bicyclic) bond motifs is 6. The van der Waals surface area contributed by atoms with Gasteiger partial charge in [0.25, 0.3) is 0 Å². The molecule has 0 fully saturated rings. The summed E-state index contributed by atoms with van der Waals surface area (Å²) in [5.41, 5.74) is 11.5. The minimum atomic E-state index is -0.390. The molecule has 2 aliphatic rings. The SMILES string of the molecule is CCCCCc1cc(OCCCCCCOc2cc(CCCCC)cc3c2-c2cc(C)ccc2C(C)(C)O3)c2c(c1)OC(C)(C)c1ccc(C)cc1-2. The lowest BCUT2D eigenvalue weighted by Crippen LogP contribution is -2.29. The Labute approximate surface area is 314 Å². The fraction of sp³-hybridized carbons (Fsp3) is 0.500. The summed E-state index contributed by atoms with van der Waals surface area (Å²) in [4.78, 5) is 0. The molecule has 0 N–H and O–H groups in total. The average molecular weight is 703 g/mol. The number of benzene rings is 4. The van der Waals surface area contributed by atoms with Gasteiger partial charge in [-0.3, -0.25) is 0 Å². The Morgan fingerprint density at radius 3 is 1.33 bits per heavy atom. The van der Waals surface area contributed by atoms with Crippen molar-refractivity contribution >= 4 is 0 Å². The van der Waals surface area contributed by atoms with Gasteiger partial charge in [0.1, 0.15) is 34.2 Å². The van der Waals surface area contributed by atoms with Crippen molar-refractivity contribution in [2.24, 2.45) is 0 Å². The third-order valence-electron chi connectivity index (χ3n) is 10.9. The molecule has 0 radical (unpaired) electrons. The summed E-state index contributed by atoms with van der Waals surface area (Å²) in [7, 11) is 0. The van der Waals surface area contributed by atoms with Crippen molar-refractivity contribution in [2.75, 3.05) is 13.2 Å². The van der Waals surface area contributed by atoms with Crippen LogP contribution in [0.3, 0.4) is 0 Å². The maximum absolute atomic E-state index is 6.68. The van der Waals surface area contributed by atoms with E-state index in [2.05, 4.69) is 116 Å². The molecule has 0 saturated carbocycles. The molecule has 278 valence electrons. The van der Waals surface area contributed by atoms with Crippen molar-refractivity contribution in [2.45, 2.75) is 144 Å². The van der Waals surface area contributed by atoms with Gasteiger partial charge in [-0.05, 0) is 139 Å². The Hall–Kier alpha value is -3.92. The number of unbranched alkanes of at least 4 members (excludes halogenated alkanes) is 7. The van der Waals surface area contributed by atoms with E-state index in [1.807, 2.05) is 0 Å². The number of hydrogen-bond donors (Lipinski definition) is 0. The highest BCUT2D eigenvalue weighted by molar-refractivity contribution is 5.84. The largest absolute Gasteiger partial charge is 0.493 e. The molecule has 2 heterocycles. The summed E-state index contributed by atoms with van der Waals surface area (Å²) in [5.74, 6) is 3.82. The molecule has 0 saturated heterocycles. The van der Waals surface area contributed by atoms with Crippen LogP contribution in [0.2, 0.25) is 0 Å². The fourth-order valence-electron chi connectivity index (χ4n) is 8.02. The molecule has 0 unspecified atom stereocenters. The summed E-state index contributed by atoms with van der Waals surface area (Å²) < 4.78 is 26.6. The maximum atomic E-state index is 6.68. The zero-order valence-corrected chi connectivity index (χ0v) is 33.3. The third kappa shape index (κ3) is 8.48. The van der Waals surface area contributed by atoms with Crippen molar-refractivity contribution in [3.05, 3.63) is 94.0 Å². The van der Waals surface area contributed by atoms with Gasteiger partial charge in [0.15, 0.2) is 0 Å². The number of aryl methyl sites for hydroxylation is 4. The minimum absolute atomic E-state index is 0.390. The molecule has 4 aromatic carbocycles. The third-order valence-corrected chi connectivity index (χ3v) is 10.9. The van der Waals surface area contributed by atoms with Crippen molar-refractivity contribution in [3.8, 4) is 45.3 Å². The quantitative estimate of drug-likeness (QED) is 0.103. The topological polar surface area (TPSA) is 36.9 Å². The Bertz CT molecular complexity index is 1710. The van der Waals surface area contributed by atoms with Crippen molar-refractivity contribution in [3.63, 3.8) is 0 Å². The highest BCUT2D eigenvalue weighted by Gasteiger charge is 2.36. The number of hydrogen-bond acceptors (Lipinski definition) is 4. The molecule has 4 aromatic rings. The van der Waals surface area contributed by atoms with Crippen LogP contribution in [0.25, 0.3) is 22.3 Å². The van der Waals surface area contributed by atoms with Crippen molar-refractivity contribution < 1.29 is 18.9 Å². The van der Waals surface area contributed by atoms with Gasteiger partial charge >= 0.3 is 0 Å². The lowest BCUT2D eigenvalue weighted by atomic mass is 9.84. The lowest BCUT2D eigenvalue weighted by Gasteiger charge is -2.36. The van der Waals surface area contributed by atoms with Gasteiger partial charge in [-0.1, -0.05) is 87.1 Å². The molecule has 4 nitrogen and oxygen atoms in total. The van der Waals surface area contributed by atoms with Crippen LogP contribution < -0.4 is 18.9 Å². The first kappa shape index (κ1) is 37.8. The van der Waals surface area contributed by atoms with E-state index in [1.54, 1.807) is 0 Å². The molecule has 0 aliphatic carbocycles. The van der Waals surface area contributed by atoms with Crippen LogP contribution in [0.15, 0.2) is 60.7 Å². The molecule has 6 rings (SSSR count). The molecule has 0 bridgehead atoms. The van der Waals surface area contributed by atoms with Crippen LogP contribution in [-0.4, -0.2) is 13.2 Å². The molecular weight excluding hydrogens is 641 g/mol. The standard InChI is InChI=1S/C48H62O4/c1-9-11-15-19-35-29-41(45-37-27-33(3)21-23-39(37)47(5,6)51-43(45)31-35)49-25-17-13-14-18-26-50-42-30-36(20-16-12-10-2)32-44-46(42)38-28-34(4)22-24-40(38)48(7,8)52-44/h21-24,27-32H,9-20,25-26H2,1-8H3. The van der Waals surface area contributed by atoms with Crippen LogP contribution in [0.1, 0.15) is 139 Å². The summed E-state index contributed by atoms with van der Waals surface area (Å²) in [6, 6.07) is 22.5. The summed E-state index contributed by atoms with van der Waals surface area (Å²) in [6.45, 7) is 18.9. The van der Waals surface area contributed by atoms with E-state index in [9.17, 15) is 0 Å². The highest BCUT2D eigenvalue weighted by atomic mass is 16.5. The zero-order valence-electron chi connectivity index (χ0n) is 33.3. The Balaban J connectivity index is 1.10. The Kier molecular flexibility index (Phi) is 11.9. The smallest absolute Gasteiger partial charge is 0.132 e. The van der Waals surface area contributed by atoms with E-state index < -0.39 is 0 Å². The van der Waals surface area contributed by atoms with Gasteiger partial charge in [-0.25, -0.2) is 0 Å². The monoisotopic (exact) mass is 702 g/mol. The zero-order chi connectivity index (χ0) is 36.9. The second-order valence-electron chi connectivity index (χ2n) is 16.3. The molecule has 0 atom stereocenters. The first-order chi connectivity index (χ1) is 25.0. The van der Waals surface area contributed by atoms with Crippen molar-refractivity contribution in [1.29, 1.82) is 0 Å². The molecule has 2 aliphatic heterocycles. The van der Waals surface area contributed by atoms with Crippen LogP contribution in [0.5, 0.6) is 23.0 Å². The Morgan fingerprint density at radius 1 is 0.500 bits per heavy atom. The number of rotatable bonds is 17. The normalized spacial score (nSPS) is 14.7. The summed E-state index contributed by atoms with van der Waals surface area (Å²) in [5, 5.41) is 0. The van der Waals surface area contributed by atoms with E-state index in [4.69, 9.17) is 18.9 Å². The molecule has 4 heteroatoms. The van der Waals surface area contributed by atoms with E-state index >= 15 is 0 Å². The molecule has 0 amide bonds. The first-order valence-corrected chi connectivity index (χ1v) is 20.2. The number of ether oxygens (including phenoxy) is 4. The molecule has 0 aromatic heterocycles. The van der Waals surface area contributed by atoms with Gasteiger partial charge in [-0.15, -0.1) is 0 Å². The van der Waals surface area contributed by atoms with Gasteiger partial charge < -0.3 is 18.9 Å². The predicted molar refractivity (Wildman–Crippen MR) is 216 cm³/mol. The minimum Gasteiger partial charge on any atom is -0.493 e. The second-order valence-corrected chi connectivity index (χ2v) is 16.3. The summed E-state index contributed by atoms with van der Waals surface area (Å²) in [6.07, 6.45) is 13.5. The maximum Gasteiger partial charge on any atom is 0.132 e. The van der Waals surface area contributed by atoms with Crippen LogP contribution in [0, 0.1) is 13.8 Å². The van der Waals surface area contributed by atoms with Gasteiger partial charge in [0.2, 0.25) is 0 Å². The molecular formula is C48H62O4.